The van der Waals surface area contributed by atoms with Gasteiger partial charge in [-0.1, -0.05) is 18.2 Å². The maximum atomic E-state index is 10.7. The lowest BCUT2D eigenvalue weighted by Crippen LogP contribution is -2.32. The normalized spacial score (nSPS) is 11.8. The standard InChI is InChI=1S/C12H13NO4/c13-11(12(16)17)6-8-1-2-10(7-15)9(5-8)3-4-14/h1-2,4-5,7,11H,3,6,13H2,(H,16,17). The fourth-order valence-corrected chi connectivity index (χ4v) is 1.51. The molecule has 1 atom stereocenters. The van der Waals surface area contributed by atoms with Gasteiger partial charge < -0.3 is 15.6 Å². The van der Waals surface area contributed by atoms with E-state index < -0.39 is 12.0 Å². The highest BCUT2D eigenvalue weighted by Crippen LogP contribution is 2.12. The second kappa shape index (κ2) is 5.91. The van der Waals surface area contributed by atoms with Crippen LogP contribution in [0.4, 0.5) is 0 Å². The van der Waals surface area contributed by atoms with Crippen LogP contribution in [-0.2, 0) is 22.4 Å². The van der Waals surface area contributed by atoms with E-state index in [2.05, 4.69) is 0 Å². The van der Waals surface area contributed by atoms with Gasteiger partial charge in [-0.25, -0.2) is 0 Å². The van der Waals surface area contributed by atoms with Crippen molar-refractivity contribution in [1.82, 2.24) is 0 Å². The molecule has 0 aromatic heterocycles. The van der Waals surface area contributed by atoms with Crippen LogP contribution in [0.15, 0.2) is 18.2 Å². The van der Waals surface area contributed by atoms with E-state index in [4.69, 9.17) is 10.8 Å². The van der Waals surface area contributed by atoms with Crippen LogP contribution in [0.1, 0.15) is 21.5 Å². The summed E-state index contributed by atoms with van der Waals surface area (Å²) in [5.74, 6) is -1.08. The van der Waals surface area contributed by atoms with E-state index >= 15 is 0 Å². The van der Waals surface area contributed by atoms with E-state index in [0.717, 1.165) is 0 Å². The molecule has 0 radical (unpaired) electrons. The molecule has 0 aliphatic rings. The third-order valence-corrected chi connectivity index (χ3v) is 2.41. The Morgan fingerprint density at radius 1 is 1.41 bits per heavy atom. The zero-order chi connectivity index (χ0) is 12.8. The molecule has 1 rings (SSSR count). The first-order chi connectivity index (χ1) is 8.08. The second-order valence-electron chi connectivity index (χ2n) is 3.67. The summed E-state index contributed by atoms with van der Waals surface area (Å²) in [5, 5.41) is 8.68. The Balaban J connectivity index is 2.95. The number of nitrogens with two attached hydrogens (primary N) is 1. The molecule has 0 aliphatic heterocycles. The zero-order valence-corrected chi connectivity index (χ0v) is 9.13. The molecule has 90 valence electrons. The summed E-state index contributed by atoms with van der Waals surface area (Å²) in [7, 11) is 0. The number of carboxylic acids is 1. The number of carbonyl (C=O) groups is 3. The Kier molecular flexibility index (Phi) is 4.54. The smallest absolute Gasteiger partial charge is 0.320 e. The van der Waals surface area contributed by atoms with Crippen molar-refractivity contribution in [3.63, 3.8) is 0 Å². The summed E-state index contributed by atoms with van der Waals surface area (Å²) in [5.41, 5.74) is 7.12. The van der Waals surface area contributed by atoms with Crippen molar-refractivity contribution in [3.8, 4) is 0 Å². The van der Waals surface area contributed by atoms with E-state index in [1.165, 1.54) is 0 Å². The fourth-order valence-electron chi connectivity index (χ4n) is 1.51. The third-order valence-electron chi connectivity index (χ3n) is 2.41. The molecule has 0 saturated carbocycles. The van der Waals surface area contributed by atoms with E-state index in [9.17, 15) is 14.4 Å². The number of carboxylic acid groups (broad SMARTS) is 1. The van der Waals surface area contributed by atoms with Crippen molar-refractivity contribution in [2.75, 3.05) is 0 Å². The van der Waals surface area contributed by atoms with Crippen molar-refractivity contribution in [2.24, 2.45) is 5.73 Å². The Hall–Kier alpha value is -2.01. The molecule has 0 heterocycles. The number of hydrogen-bond acceptors (Lipinski definition) is 4. The fraction of sp³-hybridized carbons (Fsp3) is 0.250. The summed E-state index contributed by atoms with van der Waals surface area (Å²) < 4.78 is 0. The van der Waals surface area contributed by atoms with Crippen LogP contribution in [0.25, 0.3) is 0 Å². The van der Waals surface area contributed by atoms with Gasteiger partial charge >= 0.3 is 5.97 Å². The first-order valence-electron chi connectivity index (χ1n) is 5.07. The molecule has 5 heteroatoms. The lowest BCUT2D eigenvalue weighted by Gasteiger charge is -2.08. The summed E-state index contributed by atoms with van der Waals surface area (Å²) in [6, 6.07) is 3.86. The summed E-state index contributed by atoms with van der Waals surface area (Å²) >= 11 is 0. The number of rotatable bonds is 6. The summed E-state index contributed by atoms with van der Waals surface area (Å²) in [6.45, 7) is 0. The molecular formula is C12H13NO4. The van der Waals surface area contributed by atoms with E-state index in [1.807, 2.05) is 0 Å². The lowest BCUT2D eigenvalue weighted by molar-refractivity contribution is -0.138. The number of carbonyl (C=O) groups excluding carboxylic acids is 2. The van der Waals surface area contributed by atoms with E-state index in [0.29, 0.717) is 29.3 Å². The van der Waals surface area contributed by atoms with Crippen LogP contribution in [-0.4, -0.2) is 29.7 Å². The van der Waals surface area contributed by atoms with Crippen molar-refractivity contribution >= 4 is 18.5 Å². The van der Waals surface area contributed by atoms with Gasteiger partial charge in [-0.15, -0.1) is 0 Å². The van der Waals surface area contributed by atoms with Crippen LogP contribution in [0.2, 0.25) is 0 Å². The molecular weight excluding hydrogens is 222 g/mol. The van der Waals surface area contributed by atoms with Crippen LogP contribution >= 0.6 is 0 Å². The molecule has 17 heavy (non-hydrogen) atoms. The first kappa shape index (κ1) is 13.1. The molecule has 3 N–H and O–H groups in total. The number of aldehydes is 2. The van der Waals surface area contributed by atoms with Gasteiger partial charge in [0.2, 0.25) is 0 Å². The van der Waals surface area contributed by atoms with Gasteiger partial charge in [0.05, 0.1) is 0 Å². The van der Waals surface area contributed by atoms with Gasteiger partial charge in [-0.05, 0) is 17.5 Å². The average molecular weight is 235 g/mol. The SMILES string of the molecule is NC(Cc1ccc(C=O)c(CC=O)c1)C(=O)O. The summed E-state index contributed by atoms with van der Waals surface area (Å²) in [6.07, 6.45) is 1.66. The molecule has 0 spiro atoms. The van der Waals surface area contributed by atoms with Gasteiger partial charge in [0, 0.05) is 12.0 Å². The lowest BCUT2D eigenvalue weighted by atomic mass is 9.99. The maximum Gasteiger partial charge on any atom is 0.320 e. The number of aliphatic carboxylic acids is 1. The quantitative estimate of drug-likeness (QED) is 0.686. The minimum Gasteiger partial charge on any atom is -0.480 e. The van der Waals surface area contributed by atoms with Crippen LogP contribution in [0, 0.1) is 0 Å². The maximum absolute atomic E-state index is 10.7. The molecule has 1 unspecified atom stereocenters. The predicted octanol–water partition coefficient (Wildman–Crippen LogP) is 0.195. The van der Waals surface area contributed by atoms with Crippen molar-refractivity contribution in [1.29, 1.82) is 0 Å². The zero-order valence-electron chi connectivity index (χ0n) is 9.13. The highest BCUT2D eigenvalue weighted by atomic mass is 16.4. The van der Waals surface area contributed by atoms with E-state index in [1.54, 1.807) is 18.2 Å². The van der Waals surface area contributed by atoms with Crippen LogP contribution in [0.5, 0.6) is 0 Å². The third kappa shape index (κ3) is 3.49. The van der Waals surface area contributed by atoms with Crippen LogP contribution < -0.4 is 5.73 Å². The molecule has 0 fully saturated rings. The molecule has 1 aromatic rings. The average Bonchev–Trinajstić information content (AvgIpc) is 2.29. The highest BCUT2D eigenvalue weighted by Gasteiger charge is 2.13. The Morgan fingerprint density at radius 3 is 2.65 bits per heavy atom. The molecule has 0 bridgehead atoms. The molecule has 5 nitrogen and oxygen atoms in total. The number of benzene rings is 1. The van der Waals surface area contributed by atoms with Crippen molar-refractivity contribution < 1.29 is 19.5 Å². The van der Waals surface area contributed by atoms with Crippen molar-refractivity contribution in [2.45, 2.75) is 18.9 Å². The van der Waals surface area contributed by atoms with Gasteiger partial charge in [0.1, 0.15) is 18.6 Å². The van der Waals surface area contributed by atoms with Gasteiger partial charge in [-0.2, -0.15) is 0 Å². The molecule has 1 aromatic carbocycles. The topological polar surface area (TPSA) is 97.5 Å². The largest absolute Gasteiger partial charge is 0.480 e. The molecule has 0 saturated heterocycles. The van der Waals surface area contributed by atoms with Gasteiger partial charge in [0.25, 0.3) is 0 Å². The Bertz CT molecular complexity index is 442. The van der Waals surface area contributed by atoms with Crippen LogP contribution in [0.3, 0.4) is 0 Å². The first-order valence-corrected chi connectivity index (χ1v) is 5.07. The summed E-state index contributed by atoms with van der Waals surface area (Å²) in [4.78, 5) is 31.8. The van der Waals surface area contributed by atoms with Gasteiger partial charge in [0.15, 0.2) is 0 Å². The highest BCUT2D eigenvalue weighted by molar-refractivity contribution is 5.79. The van der Waals surface area contributed by atoms with E-state index in [-0.39, 0.29) is 12.8 Å². The number of hydrogen-bond donors (Lipinski definition) is 2. The van der Waals surface area contributed by atoms with Gasteiger partial charge in [-0.3, -0.25) is 9.59 Å². The minimum absolute atomic E-state index is 0.129. The second-order valence-corrected chi connectivity index (χ2v) is 3.67. The predicted molar refractivity (Wildman–Crippen MR) is 60.9 cm³/mol. The Morgan fingerprint density at radius 2 is 2.12 bits per heavy atom. The minimum atomic E-state index is -1.08. The molecule has 0 aliphatic carbocycles. The van der Waals surface area contributed by atoms with Crippen molar-refractivity contribution in [3.05, 3.63) is 34.9 Å². The monoisotopic (exact) mass is 235 g/mol. The molecule has 0 amide bonds. The Labute approximate surface area is 98.2 Å².